The second-order valence-electron chi connectivity index (χ2n) is 10.2. The number of methoxy groups -OCH3 is 2. The van der Waals surface area contributed by atoms with E-state index in [9.17, 15) is 14.4 Å². The molecule has 1 aliphatic rings. The number of thiazole rings is 1. The van der Waals surface area contributed by atoms with Crippen molar-refractivity contribution in [2.24, 2.45) is 4.99 Å². The van der Waals surface area contributed by atoms with E-state index >= 15 is 0 Å². The molecule has 5 rings (SSSR count). The number of carbonyl (C=O) groups is 2. The number of furan rings is 1. The number of hydrogen-bond donors (Lipinski definition) is 0. The van der Waals surface area contributed by atoms with Crippen LogP contribution in [0, 0.1) is 0 Å². The Kier molecular flexibility index (Phi) is 8.86. The summed E-state index contributed by atoms with van der Waals surface area (Å²) in [6.45, 7) is 7.45. The van der Waals surface area contributed by atoms with Gasteiger partial charge in [0.05, 0.1) is 54.3 Å². The summed E-state index contributed by atoms with van der Waals surface area (Å²) in [6.07, 6.45) is 1.56. The summed E-state index contributed by atoms with van der Waals surface area (Å²) < 4.78 is 29.6. The summed E-state index contributed by atoms with van der Waals surface area (Å²) in [5.41, 5.74) is 2.07. The second kappa shape index (κ2) is 12.8. The zero-order valence-electron chi connectivity index (χ0n) is 25.2. The van der Waals surface area contributed by atoms with Gasteiger partial charge in [0.25, 0.3) is 5.56 Å². The molecular formula is C33H32N2O8S. The van der Waals surface area contributed by atoms with Gasteiger partial charge in [-0.05, 0) is 69.7 Å². The van der Waals surface area contributed by atoms with Crippen LogP contribution in [-0.2, 0) is 14.3 Å². The van der Waals surface area contributed by atoms with Gasteiger partial charge < -0.3 is 23.4 Å². The highest BCUT2D eigenvalue weighted by atomic mass is 32.1. The largest absolute Gasteiger partial charge is 0.493 e. The van der Waals surface area contributed by atoms with Crippen molar-refractivity contribution < 1.29 is 33.0 Å². The molecule has 1 aliphatic heterocycles. The average molecular weight is 617 g/mol. The number of allylic oxidation sites excluding steroid dienone is 1. The number of fused-ring (bicyclic) bond motifs is 1. The maximum Gasteiger partial charge on any atom is 0.338 e. The average Bonchev–Trinajstić information content (AvgIpc) is 3.60. The molecule has 0 saturated carbocycles. The second-order valence-corrected chi connectivity index (χ2v) is 11.2. The van der Waals surface area contributed by atoms with E-state index in [1.807, 2.05) is 19.9 Å². The third-order valence-corrected chi connectivity index (χ3v) is 7.83. The van der Waals surface area contributed by atoms with Crippen LogP contribution in [0.15, 0.2) is 80.1 Å². The van der Waals surface area contributed by atoms with Gasteiger partial charge in [-0.1, -0.05) is 29.5 Å². The standard InChI is InChI=1S/C33H32N2O8S/c1-7-41-32(38)28-19(4)34-33-35(29(28)21-11-13-25(42-18(2)3)26(16-21)39-5)30(36)27(44-33)17-23-12-14-24(43-23)20-9-8-10-22(15-20)31(37)40-6/h8-18,29H,7H2,1-6H3/b27-17+/t29-/m1/s1. The summed E-state index contributed by atoms with van der Waals surface area (Å²) >= 11 is 1.19. The lowest BCUT2D eigenvalue weighted by Gasteiger charge is -2.25. The molecule has 0 radical (unpaired) electrons. The first-order valence-electron chi connectivity index (χ1n) is 14.0. The molecule has 1 atom stereocenters. The fourth-order valence-electron chi connectivity index (χ4n) is 4.94. The first-order chi connectivity index (χ1) is 21.1. The van der Waals surface area contributed by atoms with Gasteiger partial charge in [-0.2, -0.15) is 0 Å². The van der Waals surface area contributed by atoms with Crippen molar-refractivity contribution in [3.8, 4) is 22.8 Å². The van der Waals surface area contributed by atoms with Crippen LogP contribution in [-0.4, -0.2) is 43.4 Å². The Balaban J connectivity index is 1.61. The van der Waals surface area contributed by atoms with Crippen LogP contribution < -0.4 is 24.4 Å². The van der Waals surface area contributed by atoms with Crippen molar-refractivity contribution in [3.05, 3.63) is 102 Å². The summed E-state index contributed by atoms with van der Waals surface area (Å²) in [7, 11) is 2.86. The third-order valence-electron chi connectivity index (χ3n) is 6.85. The monoisotopic (exact) mass is 616 g/mol. The lowest BCUT2D eigenvalue weighted by molar-refractivity contribution is -0.139. The SMILES string of the molecule is CCOC(=O)C1=C(C)N=c2s/c(=C/c3ccc(-c4cccc(C(=O)OC)c4)o3)c(=O)n2[C@@H]1c1ccc(OC(C)C)c(OC)c1. The molecule has 0 N–H and O–H groups in total. The minimum Gasteiger partial charge on any atom is -0.493 e. The fraction of sp³-hybridized carbons (Fsp3) is 0.273. The number of carbonyl (C=O) groups excluding carboxylic acids is 2. The molecule has 228 valence electrons. The smallest absolute Gasteiger partial charge is 0.338 e. The van der Waals surface area contributed by atoms with Gasteiger partial charge in [-0.15, -0.1) is 0 Å². The highest BCUT2D eigenvalue weighted by molar-refractivity contribution is 7.07. The number of ether oxygens (including phenoxy) is 4. The van der Waals surface area contributed by atoms with E-state index in [1.54, 1.807) is 68.5 Å². The number of esters is 2. The molecule has 0 saturated heterocycles. The number of hydrogen-bond acceptors (Lipinski definition) is 10. The number of nitrogens with zero attached hydrogens (tertiary/aromatic N) is 2. The molecule has 10 nitrogen and oxygen atoms in total. The summed E-state index contributed by atoms with van der Waals surface area (Å²) in [6, 6.07) is 14.9. The minimum absolute atomic E-state index is 0.0800. The van der Waals surface area contributed by atoms with Crippen molar-refractivity contribution in [2.45, 2.75) is 39.8 Å². The van der Waals surface area contributed by atoms with E-state index in [-0.39, 0.29) is 23.8 Å². The van der Waals surface area contributed by atoms with Crippen LogP contribution in [0.1, 0.15) is 55.4 Å². The Bertz CT molecular complexity index is 1950. The molecule has 11 heteroatoms. The van der Waals surface area contributed by atoms with Crippen molar-refractivity contribution in [1.29, 1.82) is 0 Å². The highest BCUT2D eigenvalue weighted by Crippen LogP contribution is 2.36. The number of rotatable bonds is 9. The van der Waals surface area contributed by atoms with Crippen molar-refractivity contribution >= 4 is 29.4 Å². The van der Waals surface area contributed by atoms with Crippen LogP contribution in [0.25, 0.3) is 17.4 Å². The molecule has 0 bridgehead atoms. The predicted octanol–water partition coefficient (Wildman–Crippen LogP) is 4.64. The molecular weight excluding hydrogens is 584 g/mol. The number of aromatic nitrogens is 1. The summed E-state index contributed by atoms with van der Waals surface area (Å²) in [5, 5.41) is 0. The molecule has 44 heavy (non-hydrogen) atoms. The first-order valence-corrected chi connectivity index (χ1v) is 14.8. The normalized spacial score (nSPS) is 14.7. The van der Waals surface area contributed by atoms with Crippen LogP contribution in [0.3, 0.4) is 0 Å². The van der Waals surface area contributed by atoms with E-state index in [0.29, 0.717) is 54.7 Å². The van der Waals surface area contributed by atoms with Crippen LogP contribution in [0.2, 0.25) is 0 Å². The molecule has 4 aromatic rings. The Morgan fingerprint density at radius 2 is 1.86 bits per heavy atom. The van der Waals surface area contributed by atoms with Crippen LogP contribution in [0.4, 0.5) is 0 Å². The Hall–Kier alpha value is -4.90. The van der Waals surface area contributed by atoms with Gasteiger partial charge in [-0.3, -0.25) is 9.36 Å². The van der Waals surface area contributed by atoms with Gasteiger partial charge >= 0.3 is 11.9 Å². The van der Waals surface area contributed by atoms with E-state index in [4.69, 9.17) is 23.4 Å². The van der Waals surface area contributed by atoms with E-state index in [2.05, 4.69) is 4.99 Å². The zero-order chi connectivity index (χ0) is 31.5. The lowest BCUT2D eigenvalue weighted by atomic mass is 9.95. The van der Waals surface area contributed by atoms with Crippen molar-refractivity contribution in [2.75, 3.05) is 20.8 Å². The van der Waals surface area contributed by atoms with Gasteiger partial charge in [0.2, 0.25) is 0 Å². The Labute approximate surface area is 257 Å². The van der Waals surface area contributed by atoms with Crippen LogP contribution >= 0.6 is 11.3 Å². The lowest BCUT2D eigenvalue weighted by Crippen LogP contribution is -2.40. The molecule has 3 heterocycles. The van der Waals surface area contributed by atoms with E-state index in [0.717, 1.165) is 0 Å². The van der Waals surface area contributed by atoms with Crippen LogP contribution in [0.5, 0.6) is 11.5 Å². The zero-order valence-corrected chi connectivity index (χ0v) is 26.0. The van der Waals surface area contributed by atoms with Gasteiger partial charge in [0.1, 0.15) is 11.5 Å². The molecule has 2 aromatic heterocycles. The summed E-state index contributed by atoms with van der Waals surface area (Å²) in [4.78, 5) is 44.3. The van der Waals surface area contributed by atoms with Gasteiger partial charge in [0, 0.05) is 11.6 Å². The topological polar surface area (TPSA) is 119 Å². The van der Waals surface area contributed by atoms with Crippen molar-refractivity contribution in [3.63, 3.8) is 0 Å². The predicted molar refractivity (Wildman–Crippen MR) is 165 cm³/mol. The minimum atomic E-state index is -0.817. The fourth-order valence-corrected chi connectivity index (χ4v) is 5.97. The third kappa shape index (κ3) is 5.96. The maximum atomic E-state index is 14.0. The molecule has 0 aliphatic carbocycles. The molecule has 2 aromatic carbocycles. The maximum absolute atomic E-state index is 14.0. The Morgan fingerprint density at radius 1 is 1.07 bits per heavy atom. The highest BCUT2D eigenvalue weighted by Gasteiger charge is 2.34. The molecule has 0 fully saturated rings. The van der Waals surface area contributed by atoms with E-state index < -0.39 is 18.0 Å². The Morgan fingerprint density at radius 3 is 2.57 bits per heavy atom. The first kappa shape index (κ1) is 30.6. The summed E-state index contributed by atoms with van der Waals surface area (Å²) in [5.74, 6) is 0.955. The van der Waals surface area contributed by atoms with Crippen molar-refractivity contribution in [1.82, 2.24) is 4.57 Å². The van der Waals surface area contributed by atoms with E-state index in [1.165, 1.54) is 30.1 Å². The molecule has 0 spiro atoms. The number of benzene rings is 2. The molecule has 0 amide bonds. The van der Waals surface area contributed by atoms with Gasteiger partial charge in [0.15, 0.2) is 16.3 Å². The quantitative estimate of drug-likeness (QED) is 0.250. The van der Waals surface area contributed by atoms with Gasteiger partial charge in [-0.25, -0.2) is 14.6 Å². The molecule has 0 unspecified atom stereocenters.